The molecule has 1 N–H and O–H groups in total. The maximum atomic E-state index is 11.8. The van der Waals surface area contributed by atoms with E-state index in [9.17, 15) is 13.2 Å². The zero-order valence-electron chi connectivity index (χ0n) is 9.86. The van der Waals surface area contributed by atoms with E-state index in [4.69, 9.17) is 0 Å². The van der Waals surface area contributed by atoms with Gasteiger partial charge in [0.2, 0.25) is 0 Å². The minimum absolute atomic E-state index is 0.202. The summed E-state index contributed by atoms with van der Waals surface area (Å²) in [5.41, 5.74) is 0.279. The predicted octanol–water partition coefficient (Wildman–Crippen LogP) is 2.59. The van der Waals surface area contributed by atoms with Crippen molar-refractivity contribution >= 4 is 0 Å². The summed E-state index contributed by atoms with van der Waals surface area (Å²) in [4.78, 5) is 0. The minimum Gasteiger partial charge on any atom is -0.372 e. The molecule has 2 nitrogen and oxygen atoms in total. The average Bonchev–Trinajstić information content (AvgIpc) is 2.05. The molecule has 0 aromatic heterocycles. The summed E-state index contributed by atoms with van der Waals surface area (Å²) >= 11 is 0. The van der Waals surface area contributed by atoms with Gasteiger partial charge < -0.3 is 10.1 Å². The van der Waals surface area contributed by atoms with Crippen molar-refractivity contribution in [2.45, 2.75) is 32.9 Å². The van der Waals surface area contributed by atoms with Gasteiger partial charge in [0.05, 0.1) is 0 Å². The number of ether oxygens (including phenoxy) is 1. The second-order valence-corrected chi connectivity index (χ2v) is 4.89. The fourth-order valence-electron chi connectivity index (χ4n) is 2.03. The van der Waals surface area contributed by atoms with Crippen molar-refractivity contribution in [3.05, 3.63) is 0 Å². The van der Waals surface area contributed by atoms with Crippen LogP contribution in [0.3, 0.4) is 0 Å². The number of nitrogens with one attached hydrogen (secondary N) is 1. The Morgan fingerprint density at radius 2 is 1.94 bits per heavy atom. The van der Waals surface area contributed by atoms with Crippen LogP contribution < -0.4 is 5.32 Å². The Bertz CT molecular complexity index is 212. The van der Waals surface area contributed by atoms with E-state index in [2.05, 4.69) is 23.9 Å². The van der Waals surface area contributed by atoms with Gasteiger partial charge in [0, 0.05) is 19.7 Å². The van der Waals surface area contributed by atoms with Gasteiger partial charge in [0.1, 0.15) is 6.61 Å². The maximum absolute atomic E-state index is 11.8. The molecular formula is C11H20F3NO. The van der Waals surface area contributed by atoms with Crippen LogP contribution in [0.5, 0.6) is 0 Å². The zero-order valence-corrected chi connectivity index (χ0v) is 9.86. The van der Waals surface area contributed by atoms with Crippen molar-refractivity contribution in [1.29, 1.82) is 0 Å². The molecule has 0 saturated carbocycles. The fourth-order valence-corrected chi connectivity index (χ4v) is 2.03. The van der Waals surface area contributed by atoms with Crippen molar-refractivity contribution < 1.29 is 17.9 Å². The van der Waals surface area contributed by atoms with E-state index >= 15 is 0 Å². The monoisotopic (exact) mass is 239 g/mol. The quantitative estimate of drug-likeness (QED) is 0.719. The van der Waals surface area contributed by atoms with E-state index in [-0.39, 0.29) is 12.0 Å². The SMILES string of the molecule is CC(C)C1(CCCOCC(F)(F)F)CNC1. The Balaban J connectivity index is 2.11. The van der Waals surface area contributed by atoms with Crippen molar-refractivity contribution in [2.24, 2.45) is 11.3 Å². The van der Waals surface area contributed by atoms with Crippen LogP contribution in [0.15, 0.2) is 0 Å². The van der Waals surface area contributed by atoms with Crippen LogP contribution in [0.2, 0.25) is 0 Å². The summed E-state index contributed by atoms with van der Waals surface area (Å²) in [6.07, 6.45) is -2.56. The Hall–Kier alpha value is -0.290. The number of rotatable bonds is 6. The number of hydrogen-bond acceptors (Lipinski definition) is 2. The topological polar surface area (TPSA) is 21.3 Å². The molecule has 1 saturated heterocycles. The zero-order chi connectivity index (χ0) is 12.2. The van der Waals surface area contributed by atoms with Crippen LogP contribution in [-0.2, 0) is 4.74 Å². The summed E-state index contributed by atoms with van der Waals surface area (Å²) in [7, 11) is 0. The summed E-state index contributed by atoms with van der Waals surface area (Å²) in [5, 5.41) is 3.23. The molecule has 1 rings (SSSR count). The molecular weight excluding hydrogens is 219 g/mol. The smallest absolute Gasteiger partial charge is 0.372 e. The van der Waals surface area contributed by atoms with Crippen molar-refractivity contribution in [3.8, 4) is 0 Å². The van der Waals surface area contributed by atoms with Gasteiger partial charge in [0.15, 0.2) is 0 Å². The second kappa shape index (κ2) is 5.36. The lowest BCUT2D eigenvalue weighted by atomic mass is 9.69. The molecule has 1 aliphatic rings. The largest absolute Gasteiger partial charge is 0.411 e. The normalized spacial score (nSPS) is 19.9. The molecule has 0 aliphatic carbocycles. The first-order valence-corrected chi connectivity index (χ1v) is 5.71. The van der Waals surface area contributed by atoms with Crippen LogP contribution >= 0.6 is 0 Å². The Morgan fingerprint density at radius 1 is 1.31 bits per heavy atom. The molecule has 0 radical (unpaired) electrons. The van der Waals surface area contributed by atoms with Gasteiger partial charge in [-0.2, -0.15) is 13.2 Å². The third kappa shape index (κ3) is 3.94. The highest BCUT2D eigenvalue weighted by molar-refractivity contribution is 4.94. The van der Waals surface area contributed by atoms with E-state index in [0.29, 0.717) is 12.3 Å². The average molecular weight is 239 g/mol. The van der Waals surface area contributed by atoms with Gasteiger partial charge in [0.25, 0.3) is 0 Å². The maximum Gasteiger partial charge on any atom is 0.411 e. The van der Waals surface area contributed by atoms with E-state index in [1.165, 1.54) is 0 Å². The lowest BCUT2D eigenvalue weighted by Crippen LogP contribution is -2.56. The highest BCUT2D eigenvalue weighted by Crippen LogP contribution is 2.36. The molecule has 0 bridgehead atoms. The standard InChI is InChI=1S/C11H20F3NO/c1-9(2)10(6-15-7-10)4-3-5-16-8-11(12,13)14/h9,15H,3-8H2,1-2H3. The van der Waals surface area contributed by atoms with Gasteiger partial charge in [-0.25, -0.2) is 0 Å². The van der Waals surface area contributed by atoms with Crippen LogP contribution in [-0.4, -0.2) is 32.5 Å². The molecule has 1 aliphatic heterocycles. The van der Waals surface area contributed by atoms with Crippen molar-refractivity contribution in [1.82, 2.24) is 5.32 Å². The van der Waals surface area contributed by atoms with Gasteiger partial charge >= 0.3 is 6.18 Å². The number of alkyl halides is 3. The summed E-state index contributed by atoms with van der Waals surface area (Å²) < 4.78 is 40.0. The lowest BCUT2D eigenvalue weighted by Gasteiger charge is -2.46. The Morgan fingerprint density at radius 3 is 2.31 bits per heavy atom. The number of halogens is 3. The summed E-state index contributed by atoms with van der Waals surface area (Å²) in [6, 6.07) is 0. The summed E-state index contributed by atoms with van der Waals surface area (Å²) in [5.74, 6) is 0.566. The molecule has 0 unspecified atom stereocenters. The van der Waals surface area contributed by atoms with Gasteiger partial charge in [-0.1, -0.05) is 13.8 Å². The first-order chi connectivity index (χ1) is 7.36. The van der Waals surface area contributed by atoms with Gasteiger partial charge in [-0.15, -0.1) is 0 Å². The molecule has 0 amide bonds. The Kier molecular flexibility index (Phi) is 4.62. The summed E-state index contributed by atoms with van der Waals surface area (Å²) in [6.45, 7) is 5.36. The molecule has 0 atom stereocenters. The highest BCUT2D eigenvalue weighted by Gasteiger charge is 2.39. The van der Waals surface area contributed by atoms with Crippen molar-refractivity contribution in [3.63, 3.8) is 0 Å². The molecule has 0 aromatic carbocycles. The van der Waals surface area contributed by atoms with E-state index in [0.717, 1.165) is 19.5 Å². The molecule has 1 heterocycles. The molecule has 16 heavy (non-hydrogen) atoms. The first-order valence-electron chi connectivity index (χ1n) is 5.71. The van der Waals surface area contributed by atoms with Gasteiger partial charge in [-0.3, -0.25) is 0 Å². The molecule has 0 spiro atoms. The second-order valence-electron chi connectivity index (χ2n) is 4.89. The third-order valence-electron chi connectivity index (χ3n) is 3.41. The van der Waals surface area contributed by atoms with Crippen LogP contribution in [0, 0.1) is 11.3 Å². The Labute approximate surface area is 94.5 Å². The first kappa shape index (κ1) is 13.8. The molecule has 96 valence electrons. The number of hydrogen-bond donors (Lipinski definition) is 1. The van der Waals surface area contributed by atoms with Crippen LogP contribution in [0.1, 0.15) is 26.7 Å². The molecule has 0 aromatic rings. The lowest BCUT2D eigenvalue weighted by molar-refractivity contribution is -0.174. The highest BCUT2D eigenvalue weighted by atomic mass is 19.4. The molecule has 5 heteroatoms. The third-order valence-corrected chi connectivity index (χ3v) is 3.41. The minimum atomic E-state index is -4.20. The van der Waals surface area contributed by atoms with Crippen LogP contribution in [0.4, 0.5) is 13.2 Å². The van der Waals surface area contributed by atoms with Gasteiger partial charge in [-0.05, 0) is 24.2 Å². The van der Waals surface area contributed by atoms with E-state index in [1.54, 1.807) is 0 Å². The van der Waals surface area contributed by atoms with E-state index < -0.39 is 12.8 Å². The van der Waals surface area contributed by atoms with Crippen molar-refractivity contribution in [2.75, 3.05) is 26.3 Å². The predicted molar refractivity (Wildman–Crippen MR) is 56.2 cm³/mol. The molecule has 1 fully saturated rings. The van der Waals surface area contributed by atoms with E-state index in [1.807, 2.05) is 0 Å². The fraction of sp³-hybridized carbons (Fsp3) is 1.00. The van der Waals surface area contributed by atoms with Crippen LogP contribution in [0.25, 0.3) is 0 Å².